The highest BCUT2D eigenvalue weighted by Gasteiger charge is 2.04. The van der Waals surface area contributed by atoms with Crippen LogP contribution in [0.4, 0.5) is 0 Å². The summed E-state index contributed by atoms with van der Waals surface area (Å²) in [4.78, 5) is 25.0. The fourth-order valence-electron chi connectivity index (χ4n) is 1.70. The molecular weight excluding hydrogens is 208 g/mol. The number of rotatable bonds is 0. The Labute approximate surface area is 88.3 Å². The third-order valence-corrected chi connectivity index (χ3v) is 2.45. The van der Waals surface area contributed by atoms with E-state index < -0.39 is 11.0 Å². The molecule has 0 spiro atoms. The molecule has 0 aliphatic rings. The highest BCUT2D eigenvalue weighted by atomic mass is 16.4. The molecule has 0 saturated heterocycles. The second-order valence-electron chi connectivity index (χ2n) is 3.42. The van der Waals surface area contributed by atoms with Gasteiger partial charge in [0.2, 0.25) is 5.43 Å². The molecule has 16 heavy (non-hydrogen) atoms. The highest BCUT2D eigenvalue weighted by molar-refractivity contribution is 6.02. The number of aromatic amines is 1. The van der Waals surface area contributed by atoms with E-state index in [2.05, 4.69) is 10.1 Å². The van der Waals surface area contributed by atoms with E-state index in [0.29, 0.717) is 16.4 Å². The van der Waals surface area contributed by atoms with Crippen LogP contribution in [-0.2, 0) is 0 Å². The van der Waals surface area contributed by atoms with Gasteiger partial charge in [0.1, 0.15) is 11.8 Å². The molecule has 0 unspecified atom stereocenters. The fraction of sp³-hybridized carbons (Fsp3) is 0. The molecule has 0 aliphatic carbocycles. The summed E-state index contributed by atoms with van der Waals surface area (Å²) in [6, 6.07) is 6.47. The molecule has 0 atom stereocenters. The van der Waals surface area contributed by atoms with Gasteiger partial charge in [-0.3, -0.25) is 9.59 Å². The molecule has 3 rings (SSSR count). The van der Waals surface area contributed by atoms with Crippen LogP contribution in [0.15, 0.2) is 44.6 Å². The van der Waals surface area contributed by atoms with Gasteiger partial charge in [0.15, 0.2) is 0 Å². The first-order chi connectivity index (χ1) is 7.75. The zero-order valence-corrected chi connectivity index (χ0v) is 8.06. The number of hydrogen-bond acceptors (Lipinski definition) is 4. The lowest BCUT2D eigenvalue weighted by atomic mass is 10.1. The third-order valence-electron chi connectivity index (χ3n) is 2.45. The Morgan fingerprint density at radius 1 is 1.19 bits per heavy atom. The number of hydrogen-bond donors (Lipinski definition) is 1. The molecule has 1 aromatic carbocycles. The summed E-state index contributed by atoms with van der Waals surface area (Å²) in [5, 5.41) is 5.24. The van der Waals surface area contributed by atoms with Crippen molar-refractivity contribution in [2.24, 2.45) is 0 Å². The van der Waals surface area contributed by atoms with Gasteiger partial charge >= 0.3 is 0 Å². The topological polar surface area (TPSA) is 76.0 Å². The van der Waals surface area contributed by atoms with Gasteiger partial charge in [-0.2, -0.15) is 0 Å². The molecule has 0 saturated carbocycles. The molecule has 5 heteroatoms. The summed E-state index contributed by atoms with van der Waals surface area (Å²) >= 11 is 0. The van der Waals surface area contributed by atoms with Crippen LogP contribution >= 0.6 is 0 Å². The molecule has 0 amide bonds. The Hall–Kier alpha value is -2.43. The molecule has 2 aromatic heterocycles. The predicted molar refractivity (Wildman–Crippen MR) is 58.4 cm³/mol. The van der Waals surface area contributed by atoms with Gasteiger partial charge in [0.05, 0.1) is 5.52 Å². The highest BCUT2D eigenvalue weighted by Crippen LogP contribution is 2.19. The van der Waals surface area contributed by atoms with Crippen LogP contribution < -0.4 is 11.0 Å². The number of H-pyrrole nitrogens is 1. The molecule has 0 aliphatic heterocycles. The lowest BCUT2D eigenvalue weighted by molar-refractivity contribution is 0.412. The van der Waals surface area contributed by atoms with Crippen molar-refractivity contribution in [2.45, 2.75) is 0 Å². The van der Waals surface area contributed by atoms with E-state index in [9.17, 15) is 9.59 Å². The van der Waals surface area contributed by atoms with Crippen LogP contribution in [0.5, 0.6) is 0 Å². The number of nitrogens with one attached hydrogen (secondary N) is 1. The fourth-order valence-corrected chi connectivity index (χ4v) is 1.70. The van der Waals surface area contributed by atoms with Gasteiger partial charge < -0.3 is 9.51 Å². The molecule has 2 heterocycles. The molecule has 1 N–H and O–H groups in total. The van der Waals surface area contributed by atoms with Crippen molar-refractivity contribution in [1.29, 1.82) is 0 Å². The van der Waals surface area contributed by atoms with Crippen molar-refractivity contribution in [3.63, 3.8) is 0 Å². The minimum absolute atomic E-state index is 0.541. The van der Waals surface area contributed by atoms with E-state index in [0.717, 1.165) is 5.39 Å². The minimum Gasteiger partial charge on any atom is -0.364 e. The summed E-state index contributed by atoms with van der Waals surface area (Å²) in [5.41, 5.74) is 0.0657. The quantitative estimate of drug-likeness (QED) is 0.448. The van der Waals surface area contributed by atoms with Gasteiger partial charge in [-0.05, 0) is 12.1 Å². The van der Waals surface area contributed by atoms with Gasteiger partial charge in [-0.1, -0.05) is 11.2 Å². The largest absolute Gasteiger partial charge is 0.364 e. The second-order valence-corrected chi connectivity index (χ2v) is 3.42. The lowest BCUT2D eigenvalue weighted by Gasteiger charge is -2.00. The van der Waals surface area contributed by atoms with Crippen molar-refractivity contribution in [1.82, 2.24) is 10.1 Å². The normalized spacial score (nSPS) is 11.0. The molecule has 0 radical (unpaired) electrons. The monoisotopic (exact) mass is 214 g/mol. The number of benzene rings is 1. The van der Waals surface area contributed by atoms with E-state index in [-0.39, 0.29) is 0 Å². The van der Waals surface area contributed by atoms with Crippen molar-refractivity contribution in [2.75, 3.05) is 0 Å². The Kier molecular flexibility index (Phi) is 1.67. The molecule has 5 nitrogen and oxygen atoms in total. The first-order valence-electron chi connectivity index (χ1n) is 4.66. The summed E-state index contributed by atoms with van der Waals surface area (Å²) in [5.74, 6) is 0. The second kappa shape index (κ2) is 3.03. The average molecular weight is 214 g/mol. The van der Waals surface area contributed by atoms with Crippen LogP contribution in [0.2, 0.25) is 0 Å². The van der Waals surface area contributed by atoms with Crippen molar-refractivity contribution in [3.05, 3.63) is 51.1 Å². The summed E-state index contributed by atoms with van der Waals surface area (Å²) in [6.07, 6.45) is 1.42. The van der Waals surface area contributed by atoms with Crippen molar-refractivity contribution >= 4 is 21.8 Å². The van der Waals surface area contributed by atoms with Crippen LogP contribution in [0.1, 0.15) is 0 Å². The van der Waals surface area contributed by atoms with E-state index in [1.165, 1.54) is 12.3 Å². The zero-order chi connectivity index (χ0) is 11.1. The van der Waals surface area contributed by atoms with Gasteiger partial charge in [-0.15, -0.1) is 0 Å². The summed E-state index contributed by atoms with van der Waals surface area (Å²) in [6.45, 7) is 0. The van der Waals surface area contributed by atoms with Crippen molar-refractivity contribution in [3.8, 4) is 0 Å². The van der Waals surface area contributed by atoms with E-state index in [1.807, 2.05) is 0 Å². The van der Waals surface area contributed by atoms with E-state index >= 15 is 0 Å². The molecule has 78 valence electrons. The Balaban J connectivity index is 2.65. The minimum atomic E-state index is -0.624. The molecule has 0 fully saturated rings. The third kappa shape index (κ3) is 1.15. The number of aromatic nitrogens is 2. The van der Waals surface area contributed by atoms with Crippen LogP contribution in [0.25, 0.3) is 21.8 Å². The van der Waals surface area contributed by atoms with E-state index in [1.54, 1.807) is 18.2 Å². The van der Waals surface area contributed by atoms with Crippen molar-refractivity contribution < 1.29 is 4.52 Å². The smallest absolute Gasteiger partial charge is 0.296 e. The van der Waals surface area contributed by atoms with Crippen LogP contribution in [0, 0.1) is 0 Å². The zero-order valence-electron chi connectivity index (χ0n) is 8.06. The average Bonchev–Trinajstić information content (AvgIpc) is 2.31. The standard InChI is InChI=1S/C11H6N2O3/c14-9-5-6-1-2-8-7(3-4-16-13-8)10(6)12-11(9)15/h1-5H,(H,12,15). The van der Waals surface area contributed by atoms with Gasteiger partial charge in [0, 0.05) is 16.8 Å². The molecular formula is C11H6N2O3. The van der Waals surface area contributed by atoms with Crippen LogP contribution in [0.3, 0.4) is 0 Å². The first-order valence-corrected chi connectivity index (χ1v) is 4.66. The number of fused-ring (bicyclic) bond motifs is 3. The lowest BCUT2D eigenvalue weighted by Crippen LogP contribution is -2.25. The van der Waals surface area contributed by atoms with Gasteiger partial charge in [-0.25, -0.2) is 0 Å². The molecule has 3 aromatic rings. The molecule has 0 bridgehead atoms. The van der Waals surface area contributed by atoms with E-state index in [4.69, 9.17) is 4.52 Å². The Bertz CT molecular complexity index is 801. The first kappa shape index (κ1) is 8.84. The summed E-state index contributed by atoms with van der Waals surface area (Å²) in [7, 11) is 0. The maximum absolute atomic E-state index is 11.3. The maximum Gasteiger partial charge on any atom is 0.296 e. The SMILES string of the molecule is O=c1cc2ccc3noccc3c2[nH]c1=O. The predicted octanol–water partition coefficient (Wildman–Crippen LogP) is 1.03. The number of nitrogens with zero attached hydrogens (tertiary/aromatic N) is 1. The Morgan fingerprint density at radius 3 is 2.94 bits per heavy atom. The maximum atomic E-state index is 11.3. The Morgan fingerprint density at radius 2 is 2.06 bits per heavy atom. The van der Waals surface area contributed by atoms with Gasteiger partial charge in [0.25, 0.3) is 5.56 Å². The number of pyridine rings is 1. The van der Waals surface area contributed by atoms with Crippen LogP contribution in [-0.4, -0.2) is 10.1 Å². The summed E-state index contributed by atoms with van der Waals surface area (Å²) < 4.78 is 4.79.